The van der Waals surface area contributed by atoms with Gasteiger partial charge in [-0.3, -0.25) is 14.5 Å². The smallest absolute Gasteiger partial charge is 0.350 e. The van der Waals surface area contributed by atoms with Crippen LogP contribution < -0.4 is 4.90 Å². The van der Waals surface area contributed by atoms with Crippen LogP contribution >= 0.6 is 22.7 Å². The number of ether oxygens (including phenoxy) is 1. The number of methoxy groups -OCH3 is 1. The van der Waals surface area contributed by atoms with Crippen LogP contribution in [0, 0.1) is 20.8 Å². The Labute approximate surface area is 217 Å². The summed E-state index contributed by atoms with van der Waals surface area (Å²) in [6.07, 6.45) is 0. The van der Waals surface area contributed by atoms with Crippen LogP contribution in [0.1, 0.15) is 73.7 Å². The number of amides is 1. The van der Waals surface area contributed by atoms with E-state index in [9.17, 15) is 19.5 Å². The number of aliphatic hydroxyl groups excluding tert-OH is 1. The van der Waals surface area contributed by atoms with E-state index in [-0.39, 0.29) is 21.0 Å². The maximum Gasteiger partial charge on any atom is 0.350 e. The zero-order valence-electron chi connectivity index (χ0n) is 21.1. The summed E-state index contributed by atoms with van der Waals surface area (Å²) < 4.78 is 4.84. The third-order valence-electron chi connectivity index (χ3n) is 6.02. The molecule has 1 unspecified atom stereocenters. The van der Waals surface area contributed by atoms with Crippen molar-refractivity contribution < 1.29 is 24.2 Å². The number of benzene rings is 1. The Balaban J connectivity index is 1.89. The molecule has 10 heteroatoms. The predicted octanol–water partition coefficient (Wildman–Crippen LogP) is 5.39. The van der Waals surface area contributed by atoms with E-state index >= 15 is 0 Å². The van der Waals surface area contributed by atoms with Gasteiger partial charge in [0.15, 0.2) is 10.9 Å². The molecule has 1 atom stereocenters. The van der Waals surface area contributed by atoms with Crippen molar-refractivity contribution >= 4 is 45.5 Å². The van der Waals surface area contributed by atoms with Crippen molar-refractivity contribution in [2.75, 3.05) is 12.0 Å². The maximum atomic E-state index is 13.7. The number of aliphatic hydroxyl groups is 1. The molecule has 0 aliphatic carbocycles. The van der Waals surface area contributed by atoms with E-state index in [0.717, 1.165) is 16.9 Å². The molecule has 1 amide bonds. The molecule has 1 aliphatic heterocycles. The third-order valence-corrected chi connectivity index (χ3v) is 8.23. The number of carbonyl (C=O) groups is 3. The average molecular weight is 526 g/mol. The normalized spacial score (nSPS) is 16.1. The number of esters is 1. The minimum Gasteiger partial charge on any atom is -0.503 e. The number of Topliss-reactive ketones (excluding diaryl/α,β-unsaturated/α-hetero) is 1. The lowest BCUT2D eigenvalue weighted by atomic mass is 9.85. The van der Waals surface area contributed by atoms with Crippen molar-refractivity contribution in [2.24, 2.45) is 0 Å². The van der Waals surface area contributed by atoms with Crippen LogP contribution in [0.25, 0.3) is 0 Å². The Hall–Kier alpha value is -3.37. The highest BCUT2D eigenvalue weighted by molar-refractivity contribution is 7.17. The number of aryl methyl sites for hydroxylation is 3. The first-order valence-corrected chi connectivity index (χ1v) is 12.9. The lowest BCUT2D eigenvalue weighted by Crippen LogP contribution is -2.31. The van der Waals surface area contributed by atoms with Crippen molar-refractivity contribution in [3.05, 3.63) is 72.9 Å². The SMILES string of the molecule is COC(=O)c1sc(N2C(=O)C(O)=C(C(=O)c3sc(C)nc3C)C2c2ccc(C(C)(C)C)cc2)nc1C. The summed E-state index contributed by atoms with van der Waals surface area (Å²) in [7, 11) is 1.27. The standard InChI is InChI=1S/C26H27N3O5S2/c1-12-21(35-14(3)27-12)19(30)17-18(15-8-10-16(11-9-15)26(4,5)6)29(23(32)20(17)31)25-28-13(2)22(36-25)24(33)34-7/h8-11,18,31H,1-7H3. The second-order valence-electron chi connectivity index (χ2n) is 9.59. The molecule has 36 heavy (non-hydrogen) atoms. The maximum absolute atomic E-state index is 13.7. The van der Waals surface area contributed by atoms with E-state index in [1.165, 1.54) is 23.3 Å². The predicted molar refractivity (Wildman–Crippen MR) is 139 cm³/mol. The molecule has 0 bridgehead atoms. The van der Waals surface area contributed by atoms with E-state index in [2.05, 4.69) is 30.7 Å². The van der Waals surface area contributed by atoms with Crippen LogP contribution in [0.15, 0.2) is 35.6 Å². The van der Waals surface area contributed by atoms with Gasteiger partial charge in [-0.2, -0.15) is 0 Å². The number of aromatic nitrogens is 2. The number of hydrogen-bond acceptors (Lipinski definition) is 9. The molecule has 0 saturated carbocycles. The number of hydrogen-bond donors (Lipinski definition) is 1. The first-order chi connectivity index (χ1) is 16.8. The monoisotopic (exact) mass is 525 g/mol. The van der Waals surface area contributed by atoms with Gasteiger partial charge in [0.1, 0.15) is 4.88 Å². The Morgan fingerprint density at radius 2 is 1.61 bits per heavy atom. The van der Waals surface area contributed by atoms with Crippen molar-refractivity contribution in [2.45, 2.75) is 53.0 Å². The average Bonchev–Trinajstić information content (AvgIpc) is 3.45. The zero-order chi connectivity index (χ0) is 26.5. The molecule has 0 spiro atoms. The number of rotatable bonds is 5. The van der Waals surface area contributed by atoms with E-state index in [4.69, 9.17) is 4.74 Å². The summed E-state index contributed by atoms with van der Waals surface area (Å²) in [6, 6.07) is 6.67. The van der Waals surface area contributed by atoms with Gasteiger partial charge in [0.05, 0.1) is 40.0 Å². The first kappa shape index (κ1) is 25.7. The van der Waals surface area contributed by atoms with Gasteiger partial charge in [0.2, 0.25) is 5.78 Å². The van der Waals surface area contributed by atoms with Gasteiger partial charge in [-0.25, -0.2) is 14.8 Å². The highest BCUT2D eigenvalue weighted by atomic mass is 32.1. The molecule has 4 rings (SSSR count). The summed E-state index contributed by atoms with van der Waals surface area (Å²) in [6.45, 7) is 11.4. The van der Waals surface area contributed by atoms with Crippen LogP contribution in [0.2, 0.25) is 0 Å². The molecule has 1 aliphatic rings. The topological polar surface area (TPSA) is 110 Å². The van der Waals surface area contributed by atoms with Crippen molar-refractivity contribution in [3.63, 3.8) is 0 Å². The number of anilines is 1. The largest absolute Gasteiger partial charge is 0.503 e. The van der Waals surface area contributed by atoms with E-state index in [1.54, 1.807) is 20.8 Å². The van der Waals surface area contributed by atoms with Gasteiger partial charge >= 0.3 is 5.97 Å². The second kappa shape index (κ2) is 9.25. The van der Waals surface area contributed by atoms with Gasteiger partial charge in [-0.15, -0.1) is 11.3 Å². The molecular formula is C26H27N3O5S2. The molecule has 0 fully saturated rings. The van der Waals surface area contributed by atoms with E-state index in [0.29, 0.717) is 26.8 Å². The van der Waals surface area contributed by atoms with Crippen molar-refractivity contribution in [1.82, 2.24) is 9.97 Å². The molecular weight excluding hydrogens is 498 g/mol. The quantitative estimate of drug-likeness (QED) is 0.351. The van der Waals surface area contributed by atoms with Crippen LogP contribution in [0.5, 0.6) is 0 Å². The minimum absolute atomic E-state index is 0.0391. The van der Waals surface area contributed by atoms with E-state index < -0.39 is 29.5 Å². The molecule has 2 aromatic heterocycles. The van der Waals surface area contributed by atoms with Gasteiger partial charge in [0, 0.05) is 0 Å². The number of thiazole rings is 2. The molecule has 1 aromatic carbocycles. The Morgan fingerprint density at radius 3 is 2.14 bits per heavy atom. The lowest BCUT2D eigenvalue weighted by Gasteiger charge is -2.26. The zero-order valence-corrected chi connectivity index (χ0v) is 22.8. The Morgan fingerprint density at radius 1 is 1.00 bits per heavy atom. The summed E-state index contributed by atoms with van der Waals surface area (Å²) >= 11 is 2.19. The summed E-state index contributed by atoms with van der Waals surface area (Å²) in [5.41, 5.74) is 2.51. The molecule has 0 radical (unpaired) electrons. The molecule has 188 valence electrons. The lowest BCUT2D eigenvalue weighted by molar-refractivity contribution is -0.117. The van der Waals surface area contributed by atoms with Gasteiger partial charge in [-0.1, -0.05) is 56.4 Å². The molecule has 1 N–H and O–H groups in total. The highest BCUT2D eigenvalue weighted by Gasteiger charge is 2.47. The summed E-state index contributed by atoms with van der Waals surface area (Å²) in [5.74, 6) is -2.42. The number of ketones is 1. The molecule has 0 saturated heterocycles. The Kier molecular flexibility index (Phi) is 6.61. The fraction of sp³-hybridized carbons (Fsp3) is 0.346. The van der Waals surface area contributed by atoms with Gasteiger partial charge in [-0.05, 0) is 37.3 Å². The highest BCUT2D eigenvalue weighted by Crippen LogP contribution is 2.44. The second-order valence-corrected chi connectivity index (χ2v) is 11.8. The fourth-order valence-corrected chi connectivity index (χ4v) is 6.03. The Bertz CT molecular complexity index is 1410. The van der Waals surface area contributed by atoms with Gasteiger partial charge in [0.25, 0.3) is 5.91 Å². The third kappa shape index (κ3) is 4.35. The van der Waals surface area contributed by atoms with Crippen LogP contribution in [-0.4, -0.2) is 39.8 Å². The van der Waals surface area contributed by atoms with Crippen LogP contribution in [0.4, 0.5) is 5.13 Å². The van der Waals surface area contributed by atoms with E-state index in [1.807, 2.05) is 24.3 Å². The van der Waals surface area contributed by atoms with Crippen molar-refractivity contribution in [1.29, 1.82) is 0 Å². The molecule has 3 aromatic rings. The minimum atomic E-state index is -0.933. The summed E-state index contributed by atoms with van der Waals surface area (Å²) in [5, 5.41) is 11.9. The molecule has 3 heterocycles. The fourth-order valence-electron chi connectivity index (χ4n) is 4.15. The van der Waals surface area contributed by atoms with Crippen LogP contribution in [0.3, 0.4) is 0 Å². The van der Waals surface area contributed by atoms with Gasteiger partial charge < -0.3 is 9.84 Å². The van der Waals surface area contributed by atoms with Crippen LogP contribution in [-0.2, 0) is 14.9 Å². The molecule has 8 nitrogen and oxygen atoms in total. The first-order valence-electron chi connectivity index (χ1n) is 11.3. The number of carbonyl (C=O) groups excluding carboxylic acids is 3. The van der Waals surface area contributed by atoms with Crippen molar-refractivity contribution in [3.8, 4) is 0 Å². The number of nitrogens with zero attached hydrogens (tertiary/aromatic N) is 3. The summed E-state index contributed by atoms with van der Waals surface area (Å²) in [4.78, 5) is 50.0.